The number of ether oxygens (including phenoxy) is 1. The molecule has 2 heterocycles. The lowest BCUT2D eigenvalue weighted by atomic mass is 10.2. The zero-order valence-electron chi connectivity index (χ0n) is 16.7. The molecule has 0 saturated heterocycles. The second-order valence-electron chi connectivity index (χ2n) is 6.90. The van der Waals surface area contributed by atoms with E-state index in [9.17, 15) is 9.90 Å². The third-order valence-corrected chi connectivity index (χ3v) is 5.01. The van der Waals surface area contributed by atoms with Gasteiger partial charge in [0.2, 0.25) is 5.91 Å². The molecule has 0 aliphatic carbocycles. The van der Waals surface area contributed by atoms with E-state index >= 15 is 0 Å². The van der Waals surface area contributed by atoms with Crippen LogP contribution in [0.3, 0.4) is 0 Å². The Hall–Kier alpha value is -4.00. The predicted octanol–water partition coefficient (Wildman–Crippen LogP) is 4.34. The fraction of sp³-hybridized carbons (Fsp3) is 0.130. The summed E-state index contributed by atoms with van der Waals surface area (Å²) in [5.74, 6) is 0.144. The lowest BCUT2D eigenvalue weighted by Crippen LogP contribution is -2.11. The SMILES string of the molecule is COc1ccc(C=CC(=O)Nc2cccc3ccn(C(C)c4cnc[nH]4)c23)cc1O. The number of hydrogen-bond donors (Lipinski definition) is 3. The summed E-state index contributed by atoms with van der Waals surface area (Å²) in [6, 6.07) is 12.8. The maximum absolute atomic E-state index is 12.6. The molecular formula is C23H22N4O3. The number of nitrogens with one attached hydrogen (secondary N) is 2. The van der Waals surface area contributed by atoms with E-state index in [1.54, 1.807) is 36.8 Å². The van der Waals surface area contributed by atoms with Gasteiger partial charge in [-0.1, -0.05) is 18.2 Å². The van der Waals surface area contributed by atoms with Gasteiger partial charge >= 0.3 is 0 Å². The molecule has 0 fully saturated rings. The first-order valence-corrected chi connectivity index (χ1v) is 9.50. The number of methoxy groups -OCH3 is 1. The Labute approximate surface area is 173 Å². The number of hydrogen-bond acceptors (Lipinski definition) is 4. The van der Waals surface area contributed by atoms with Crippen LogP contribution in [0.15, 0.2) is 67.3 Å². The molecule has 1 amide bonds. The second-order valence-corrected chi connectivity index (χ2v) is 6.90. The van der Waals surface area contributed by atoms with Crippen molar-refractivity contribution in [1.82, 2.24) is 14.5 Å². The summed E-state index contributed by atoms with van der Waals surface area (Å²) < 4.78 is 7.13. The summed E-state index contributed by atoms with van der Waals surface area (Å²) in [5, 5.41) is 13.9. The van der Waals surface area contributed by atoms with Gasteiger partial charge in [-0.3, -0.25) is 4.79 Å². The van der Waals surface area contributed by atoms with Crippen molar-refractivity contribution < 1.29 is 14.6 Å². The first-order valence-electron chi connectivity index (χ1n) is 9.50. The number of phenolic OH excluding ortho intramolecular Hbond substituents is 1. The van der Waals surface area contributed by atoms with E-state index in [1.807, 2.05) is 30.5 Å². The van der Waals surface area contributed by atoms with Crippen LogP contribution >= 0.6 is 0 Å². The van der Waals surface area contributed by atoms with Crippen molar-refractivity contribution in [2.45, 2.75) is 13.0 Å². The number of carbonyl (C=O) groups is 1. The molecule has 3 N–H and O–H groups in total. The highest BCUT2D eigenvalue weighted by Crippen LogP contribution is 2.30. The Balaban J connectivity index is 1.58. The number of nitrogens with zero attached hydrogens (tertiary/aromatic N) is 2. The lowest BCUT2D eigenvalue weighted by Gasteiger charge is -2.16. The monoisotopic (exact) mass is 402 g/mol. The van der Waals surface area contributed by atoms with Crippen molar-refractivity contribution in [2.24, 2.45) is 0 Å². The Kier molecular flexibility index (Phi) is 5.26. The number of imidazole rings is 1. The fourth-order valence-corrected chi connectivity index (χ4v) is 3.44. The molecule has 0 saturated carbocycles. The fourth-order valence-electron chi connectivity index (χ4n) is 3.44. The van der Waals surface area contributed by atoms with Crippen LogP contribution in [0, 0.1) is 0 Å². The summed E-state index contributed by atoms with van der Waals surface area (Å²) in [4.78, 5) is 19.8. The van der Waals surface area contributed by atoms with Crippen LogP contribution in [-0.2, 0) is 4.79 Å². The summed E-state index contributed by atoms with van der Waals surface area (Å²) in [5.41, 5.74) is 3.32. The van der Waals surface area contributed by atoms with Gasteiger partial charge in [0.05, 0.1) is 42.6 Å². The van der Waals surface area contributed by atoms with Crippen molar-refractivity contribution in [1.29, 1.82) is 0 Å². The number of aromatic nitrogens is 3. The van der Waals surface area contributed by atoms with Gasteiger partial charge in [0, 0.05) is 17.7 Å². The molecule has 7 nitrogen and oxygen atoms in total. The molecule has 0 bridgehead atoms. The third-order valence-electron chi connectivity index (χ3n) is 5.01. The highest BCUT2D eigenvalue weighted by molar-refractivity contribution is 6.07. The smallest absolute Gasteiger partial charge is 0.248 e. The van der Waals surface area contributed by atoms with Crippen LogP contribution in [0.25, 0.3) is 17.0 Å². The average molecular weight is 402 g/mol. The predicted molar refractivity (Wildman–Crippen MR) is 117 cm³/mol. The van der Waals surface area contributed by atoms with E-state index in [1.165, 1.54) is 13.2 Å². The number of benzene rings is 2. The summed E-state index contributed by atoms with van der Waals surface area (Å²) in [7, 11) is 1.49. The van der Waals surface area contributed by atoms with Crippen LogP contribution in [0.1, 0.15) is 24.2 Å². The molecule has 2 aromatic carbocycles. The van der Waals surface area contributed by atoms with E-state index in [2.05, 4.69) is 26.8 Å². The van der Waals surface area contributed by atoms with Crippen LogP contribution in [-0.4, -0.2) is 32.7 Å². The van der Waals surface area contributed by atoms with Crippen molar-refractivity contribution in [3.05, 3.63) is 78.5 Å². The molecule has 152 valence electrons. The Morgan fingerprint density at radius 1 is 1.30 bits per heavy atom. The number of aromatic amines is 1. The molecule has 0 spiro atoms. The van der Waals surface area contributed by atoms with E-state index in [4.69, 9.17) is 4.74 Å². The van der Waals surface area contributed by atoms with E-state index in [-0.39, 0.29) is 17.7 Å². The quantitative estimate of drug-likeness (QED) is 0.418. The minimum absolute atomic E-state index is 0.0236. The molecular weight excluding hydrogens is 380 g/mol. The number of rotatable bonds is 6. The van der Waals surface area contributed by atoms with Crippen LogP contribution in [0.4, 0.5) is 5.69 Å². The van der Waals surface area contributed by atoms with Crippen molar-refractivity contribution in [2.75, 3.05) is 12.4 Å². The molecule has 30 heavy (non-hydrogen) atoms. The molecule has 1 atom stereocenters. The van der Waals surface area contributed by atoms with Crippen molar-refractivity contribution >= 4 is 28.6 Å². The van der Waals surface area contributed by atoms with Gasteiger partial charge < -0.3 is 24.7 Å². The van der Waals surface area contributed by atoms with Crippen LogP contribution in [0.5, 0.6) is 11.5 Å². The number of phenols is 1. The Morgan fingerprint density at radius 2 is 2.17 bits per heavy atom. The van der Waals surface area contributed by atoms with Gasteiger partial charge in [-0.15, -0.1) is 0 Å². The molecule has 7 heteroatoms. The zero-order chi connectivity index (χ0) is 21.1. The van der Waals surface area contributed by atoms with Crippen molar-refractivity contribution in [3.63, 3.8) is 0 Å². The summed E-state index contributed by atoms with van der Waals surface area (Å²) >= 11 is 0. The first kappa shape index (κ1) is 19.3. The van der Waals surface area contributed by atoms with Gasteiger partial charge in [-0.2, -0.15) is 0 Å². The minimum atomic E-state index is -0.264. The van der Waals surface area contributed by atoms with Gasteiger partial charge in [0.25, 0.3) is 0 Å². The number of aromatic hydroxyl groups is 1. The standard InChI is InChI=1S/C23H22N4O3/c1-15(19-13-24-14-25-19)27-11-10-17-4-3-5-18(23(17)27)26-22(29)9-7-16-6-8-21(30-2)20(28)12-16/h3-15,28H,1-2H3,(H,24,25)(H,26,29). The van der Waals surface area contributed by atoms with Gasteiger partial charge in [0.15, 0.2) is 11.5 Å². The number of fused-ring (bicyclic) bond motifs is 1. The number of carbonyl (C=O) groups excluding carboxylic acids is 1. The van der Waals surface area contributed by atoms with Crippen LogP contribution < -0.4 is 10.1 Å². The third kappa shape index (κ3) is 3.77. The van der Waals surface area contributed by atoms with Gasteiger partial charge in [-0.25, -0.2) is 4.98 Å². The Bertz CT molecular complexity index is 1210. The zero-order valence-corrected chi connectivity index (χ0v) is 16.7. The first-order chi connectivity index (χ1) is 14.6. The number of amides is 1. The number of para-hydroxylation sites is 1. The second kappa shape index (κ2) is 8.16. The largest absolute Gasteiger partial charge is 0.504 e. The van der Waals surface area contributed by atoms with E-state index in [0.29, 0.717) is 11.3 Å². The molecule has 0 radical (unpaired) electrons. The highest BCUT2D eigenvalue weighted by Gasteiger charge is 2.15. The number of anilines is 1. The van der Waals surface area contributed by atoms with Crippen molar-refractivity contribution in [3.8, 4) is 11.5 Å². The molecule has 4 rings (SSSR count). The van der Waals surface area contributed by atoms with Gasteiger partial charge in [0.1, 0.15) is 0 Å². The molecule has 0 aliphatic heterocycles. The maximum Gasteiger partial charge on any atom is 0.248 e. The van der Waals surface area contributed by atoms with E-state index in [0.717, 1.165) is 22.3 Å². The number of H-pyrrole nitrogens is 1. The molecule has 2 aromatic heterocycles. The topological polar surface area (TPSA) is 92.2 Å². The van der Waals surface area contributed by atoms with E-state index < -0.39 is 0 Å². The molecule has 1 unspecified atom stereocenters. The minimum Gasteiger partial charge on any atom is -0.504 e. The summed E-state index contributed by atoms with van der Waals surface area (Å²) in [6.07, 6.45) is 8.53. The highest BCUT2D eigenvalue weighted by atomic mass is 16.5. The molecule has 0 aliphatic rings. The normalized spacial score (nSPS) is 12.3. The summed E-state index contributed by atoms with van der Waals surface area (Å²) in [6.45, 7) is 2.07. The Morgan fingerprint density at radius 3 is 2.90 bits per heavy atom. The average Bonchev–Trinajstić information content (AvgIpc) is 3.42. The maximum atomic E-state index is 12.6. The lowest BCUT2D eigenvalue weighted by molar-refractivity contribution is -0.111. The molecule has 4 aromatic rings. The van der Waals surface area contributed by atoms with Gasteiger partial charge in [-0.05, 0) is 42.8 Å². The van der Waals surface area contributed by atoms with Crippen LogP contribution in [0.2, 0.25) is 0 Å².